The lowest BCUT2D eigenvalue weighted by atomic mass is 10.2. The topological polar surface area (TPSA) is 107 Å². The third-order valence-corrected chi connectivity index (χ3v) is 5.58. The van der Waals surface area contributed by atoms with Gasteiger partial charge in [0.25, 0.3) is 0 Å². The average Bonchev–Trinajstić information content (AvgIpc) is 2.60. The van der Waals surface area contributed by atoms with Gasteiger partial charge < -0.3 is 4.74 Å². The summed E-state index contributed by atoms with van der Waals surface area (Å²) >= 11 is 0. The molecule has 1 rings (SSSR count). The normalized spacial score (nSPS) is 15.0. The van der Waals surface area contributed by atoms with E-state index in [4.69, 9.17) is 9.29 Å². The first-order valence-corrected chi connectivity index (χ1v) is 10.2. The first-order valence-electron chi connectivity index (χ1n) is 7.37. The van der Waals surface area contributed by atoms with Gasteiger partial charge in [0, 0.05) is 6.42 Å². The number of ether oxygens (including phenoxy) is 1. The molecule has 7 nitrogen and oxygen atoms in total. The molecule has 0 spiro atoms. The zero-order valence-corrected chi connectivity index (χ0v) is 16.0. The lowest BCUT2D eigenvalue weighted by Gasteiger charge is -2.30. The molecule has 1 atom stereocenters. The molecule has 1 N–H and O–H groups in total. The maximum absolute atomic E-state index is 13.8. The molecule has 0 fully saturated rings. The van der Waals surface area contributed by atoms with E-state index in [9.17, 15) is 43.2 Å². The van der Waals surface area contributed by atoms with Crippen LogP contribution in [-0.2, 0) is 24.4 Å². The molecule has 0 aliphatic carbocycles. The van der Waals surface area contributed by atoms with Crippen molar-refractivity contribution < 1.29 is 56.7 Å². The van der Waals surface area contributed by atoms with Crippen LogP contribution in [0.5, 0.6) is 5.75 Å². The summed E-state index contributed by atoms with van der Waals surface area (Å²) in [5.74, 6) is -7.24. The Kier molecular flexibility index (Phi) is 7.06. The second-order valence-electron chi connectivity index (χ2n) is 5.36. The predicted octanol–water partition coefficient (Wildman–Crippen LogP) is 3.50. The maximum atomic E-state index is 13.8. The Bertz CT molecular complexity index is 943. The summed E-state index contributed by atoms with van der Waals surface area (Å²) in [6, 6.07) is 5.24. The van der Waals surface area contributed by atoms with Crippen molar-refractivity contribution in [2.45, 2.75) is 36.1 Å². The Morgan fingerprint density at radius 3 is 1.90 bits per heavy atom. The molecular formula is C14H14F6O7S2. The highest BCUT2D eigenvalue weighted by Gasteiger charge is 2.82. The van der Waals surface area contributed by atoms with Crippen LogP contribution < -0.4 is 4.74 Å². The van der Waals surface area contributed by atoms with E-state index in [1.54, 1.807) is 0 Å². The second kappa shape index (κ2) is 8.12. The van der Waals surface area contributed by atoms with Crippen molar-refractivity contribution in [3.05, 3.63) is 36.4 Å². The fraction of sp³-hybridized carbons (Fsp3) is 0.429. The van der Waals surface area contributed by atoms with Crippen LogP contribution in [0.3, 0.4) is 0 Å². The van der Waals surface area contributed by atoms with Crippen molar-refractivity contribution in [2.75, 3.05) is 0 Å². The van der Waals surface area contributed by atoms with Crippen molar-refractivity contribution >= 4 is 26.3 Å². The van der Waals surface area contributed by atoms with Gasteiger partial charge in [-0.2, -0.15) is 43.2 Å². The molecule has 29 heavy (non-hydrogen) atoms. The maximum Gasteiger partial charge on any atom is 0.439 e. The quantitative estimate of drug-likeness (QED) is 0.240. The Morgan fingerprint density at radius 1 is 1.03 bits per heavy atom. The van der Waals surface area contributed by atoms with E-state index in [0.29, 0.717) is 5.56 Å². The van der Waals surface area contributed by atoms with Gasteiger partial charge in [-0.05, 0) is 17.7 Å². The van der Waals surface area contributed by atoms with Crippen LogP contribution in [0.15, 0.2) is 30.8 Å². The first kappa shape index (κ1) is 25.2. The highest BCUT2D eigenvalue weighted by molar-refractivity contribution is 7.88. The zero-order chi connectivity index (χ0) is 22.9. The van der Waals surface area contributed by atoms with Crippen LogP contribution in [0.2, 0.25) is 0 Å². The summed E-state index contributed by atoms with van der Waals surface area (Å²) in [6.07, 6.45) is -1.27. The van der Waals surface area contributed by atoms with Crippen LogP contribution >= 0.6 is 0 Å². The summed E-state index contributed by atoms with van der Waals surface area (Å²) in [6.45, 7) is 4.58. The van der Waals surface area contributed by atoms with Crippen molar-refractivity contribution in [1.82, 2.24) is 0 Å². The molecule has 1 aromatic rings. The van der Waals surface area contributed by atoms with Gasteiger partial charge >= 0.3 is 36.7 Å². The molecule has 0 amide bonds. The van der Waals surface area contributed by atoms with Crippen molar-refractivity contribution in [2.24, 2.45) is 0 Å². The third kappa shape index (κ3) is 4.67. The van der Waals surface area contributed by atoms with E-state index < -0.39 is 49.4 Å². The molecular weight excluding hydrogens is 458 g/mol. The number of hydrogen-bond acceptors (Lipinski definition) is 6. The molecule has 0 radical (unpaired) electrons. The number of halogens is 6. The predicted molar refractivity (Wildman–Crippen MR) is 87.6 cm³/mol. The summed E-state index contributed by atoms with van der Waals surface area (Å²) in [4.78, 5) is 0. The fourth-order valence-corrected chi connectivity index (χ4v) is 3.23. The minimum atomic E-state index is -7.12. The monoisotopic (exact) mass is 472 g/mol. The molecule has 166 valence electrons. The molecule has 0 heterocycles. The number of hydrogen-bond donors (Lipinski definition) is 1. The number of benzene rings is 1. The van der Waals surface area contributed by atoms with Gasteiger partial charge in [-0.15, -0.1) is 0 Å². The first-order chi connectivity index (χ1) is 12.9. The minimum Gasteiger partial charge on any atom is -0.464 e. The molecule has 0 bridgehead atoms. The molecule has 0 aliphatic heterocycles. The standard InChI is InChI=1S/C14H14F6O7S2/c1-3-9-5-7-10(8-6-9)26-11(4-2)27-29(24,25)14(19,20)12(15,16)13(17,18)28(21,22)23/h3,5-8,11H,1,4H2,2H3,(H,21,22,23). The van der Waals surface area contributed by atoms with Gasteiger partial charge in [0.2, 0.25) is 6.29 Å². The van der Waals surface area contributed by atoms with E-state index >= 15 is 0 Å². The molecule has 0 saturated heterocycles. The SMILES string of the molecule is C=Cc1ccc(OC(CC)OS(=O)(=O)C(F)(F)C(F)(F)C(F)(F)S(=O)(=O)O)cc1. The van der Waals surface area contributed by atoms with Gasteiger partial charge in [0.1, 0.15) is 5.75 Å². The smallest absolute Gasteiger partial charge is 0.439 e. The molecule has 15 heteroatoms. The Balaban J connectivity index is 3.21. The van der Waals surface area contributed by atoms with Gasteiger partial charge in [0.15, 0.2) is 0 Å². The van der Waals surface area contributed by atoms with Gasteiger partial charge in [-0.1, -0.05) is 31.7 Å². The molecule has 0 aliphatic rings. The minimum absolute atomic E-state index is 0.156. The molecule has 1 aromatic carbocycles. The summed E-state index contributed by atoms with van der Waals surface area (Å²) in [7, 11) is -14.0. The lowest BCUT2D eigenvalue weighted by Crippen LogP contribution is -2.61. The third-order valence-electron chi connectivity index (χ3n) is 3.32. The van der Waals surface area contributed by atoms with Crippen LogP contribution in [0.25, 0.3) is 6.08 Å². The van der Waals surface area contributed by atoms with Crippen LogP contribution in [-0.4, -0.2) is 44.1 Å². The highest BCUT2D eigenvalue weighted by Crippen LogP contribution is 2.51. The van der Waals surface area contributed by atoms with E-state index in [2.05, 4.69) is 10.8 Å². The Morgan fingerprint density at radius 2 is 1.52 bits per heavy atom. The largest absolute Gasteiger partial charge is 0.464 e. The number of alkyl halides is 6. The van der Waals surface area contributed by atoms with Crippen molar-refractivity contribution in [1.29, 1.82) is 0 Å². The molecule has 0 saturated carbocycles. The molecule has 1 unspecified atom stereocenters. The highest BCUT2D eigenvalue weighted by atomic mass is 32.2. The van der Waals surface area contributed by atoms with Crippen molar-refractivity contribution in [3.8, 4) is 5.75 Å². The molecule has 0 aromatic heterocycles. The van der Waals surface area contributed by atoms with Crippen LogP contribution in [0.1, 0.15) is 18.9 Å². The van der Waals surface area contributed by atoms with Gasteiger partial charge in [-0.25, -0.2) is 4.18 Å². The van der Waals surface area contributed by atoms with Gasteiger partial charge in [0.05, 0.1) is 0 Å². The summed E-state index contributed by atoms with van der Waals surface area (Å²) < 4.78 is 141. The Labute approximate surface area is 161 Å². The van der Waals surface area contributed by atoms with E-state index in [0.717, 1.165) is 6.92 Å². The van der Waals surface area contributed by atoms with Gasteiger partial charge in [-0.3, -0.25) is 4.55 Å². The van der Waals surface area contributed by atoms with Crippen molar-refractivity contribution in [3.63, 3.8) is 0 Å². The number of rotatable bonds is 10. The Hall–Kier alpha value is -1.84. The van der Waals surface area contributed by atoms with E-state index in [1.807, 2.05) is 0 Å². The summed E-state index contributed by atoms with van der Waals surface area (Å²) in [5, 5.41) is -13.6. The fourth-order valence-electron chi connectivity index (χ4n) is 1.70. The zero-order valence-electron chi connectivity index (χ0n) is 14.4. The van der Waals surface area contributed by atoms with Crippen LogP contribution in [0, 0.1) is 0 Å². The van der Waals surface area contributed by atoms with Crippen LogP contribution in [0.4, 0.5) is 26.3 Å². The lowest BCUT2D eigenvalue weighted by molar-refractivity contribution is -0.249. The van der Waals surface area contributed by atoms with E-state index in [-0.39, 0.29) is 5.75 Å². The second-order valence-corrected chi connectivity index (χ2v) is 8.44. The summed E-state index contributed by atoms with van der Waals surface area (Å²) in [5.41, 5.74) is 0.581. The van der Waals surface area contributed by atoms with E-state index in [1.165, 1.54) is 30.3 Å². The average molecular weight is 472 g/mol.